The number of hydrogen-bond acceptors (Lipinski definition) is 6. The molecule has 0 N–H and O–H groups in total. The molecule has 1 saturated heterocycles. The smallest absolute Gasteiger partial charge is 0.302 e. The van der Waals surface area contributed by atoms with Gasteiger partial charge in [-0.05, 0) is 6.07 Å². The number of non-ortho nitro benzene ring substituents is 1. The van der Waals surface area contributed by atoms with Gasteiger partial charge in [-0.25, -0.2) is 0 Å². The van der Waals surface area contributed by atoms with Gasteiger partial charge in [0.2, 0.25) is 5.91 Å². The van der Waals surface area contributed by atoms with Gasteiger partial charge in [0.15, 0.2) is 0 Å². The van der Waals surface area contributed by atoms with Crippen LogP contribution < -0.4 is 9.64 Å². The van der Waals surface area contributed by atoms with E-state index in [2.05, 4.69) is 0 Å². The molecule has 120 valence electrons. The van der Waals surface area contributed by atoms with Crippen LogP contribution >= 0.6 is 0 Å². The van der Waals surface area contributed by atoms with Crippen LogP contribution in [0.4, 0.5) is 15.3 Å². The maximum absolute atomic E-state index is 12.7. The third-order valence-electron chi connectivity index (χ3n) is 3.30. The lowest BCUT2D eigenvalue weighted by Crippen LogP contribution is -2.26. The zero-order valence-corrected chi connectivity index (χ0v) is 12.4. The van der Waals surface area contributed by atoms with Crippen molar-refractivity contribution in [1.82, 2.24) is 0 Å². The Morgan fingerprint density at radius 1 is 1.50 bits per heavy atom. The molecule has 22 heavy (non-hydrogen) atoms. The highest BCUT2D eigenvalue weighted by atomic mass is 32.3. The van der Waals surface area contributed by atoms with Crippen molar-refractivity contribution in [1.29, 1.82) is 0 Å². The summed E-state index contributed by atoms with van der Waals surface area (Å²) in [6.07, 6.45) is -0.144. The van der Waals surface area contributed by atoms with Crippen LogP contribution in [0.5, 0.6) is 5.75 Å². The Bertz CT molecular complexity index is 720. The second kappa shape index (κ2) is 5.87. The number of halogens is 1. The van der Waals surface area contributed by atoms with Crippen LogP contribution in [-0.2, 0) is 15.0 Å². The number of amides is 1. The Labute approximate surface area is 125 Å². The van der Waals surface area contributed by atoms with Crippen molar-refractivity contribution in [2.75, 3.05) is 24.3 Å². The third-order valence-corrected chi connectivity index (χ3v) is 4.17. The molecule has 1 aliphatic heterocycles. The van der Waals surface area contributed by atoms with Crippen molar-refractivity contribution in [2.45, 2.75) is 6.42 Å². The Balaban J connectivity index is 2.33. The van der Waals surface area contributed by atoms with E-state index in [1.165, 1.54) is 30.2 Å². The second-order valence-electron chi connectivity index (χ2n) is 4.89. The summed E-state index contributed by atoms with van der Waals surface area (Å²) in [7, 11) is -3.35. The largest absolute Gasteiger partial charge is 0.495 e. The molecule has 0 saturated carbocycles. The van der Waals surface area contributed by atoms with Crippen molar-refractivity contribution >= 4 is 27.5 Å². The molecule has 1 amide bonds. The first kappa shape index (κ1) is 16.1. The van der Waals surface area contributed by atoms with Crippen LogP contribution in [0.15, 0.2) is 18.2 Å². The van der Waals surface area contributed by atoms with Gasteiger partial charge in [0.1, 0.15) is 5.75 Å². The van der Waals surface area contributed by atoms with Crippen LogP contribution in [0, 0.1) is 16.0 Å². The van der Waals surface area contributed by atoms with Gasteiger partial charge in [0.05, 0.1) is 23.5 Å². The number of nitrogens with zero attached hydrogens (tertiary/aromatic N) is 2. The lowest BCUT2D eigenvalue weighted by molar-refractivity contribution is -0.384. The van der Waals surface area contributed by atoms with Crippen LogP contribution in [-0.4, -0.2) is 38.7 Å². The van der Waals surface area contributed by atoms with Crippen molar-refractivity contribution < 1.29 is 26.8 Å². The Morgan fingerprint density at radius 3 is 2.73 bits per heavy atom. The number of methoxy groups -OCH3 is 1. The fourth-order valence-corrected chi connectivity index (χ4v) is 3.20. The molecule has 1 unspecified atom stereocenters. The first-order valence-corrected chi connectivity index (χ1v) is 7.81. The maximum Gasteiger partial charge on any atom is 0.302 e. The Morgan fingerprint density at radius 2 is 2.18 bits per heavy atom. The van der Waals surface area contributed by atoms with Gasteiger partial charge < -0.3 is 9.64 Å². The third kappa shape index (κ3) is 3.50. The molecule has 1 aromatic carbocycles. The molecule has 1 aliphatic rings. The quantitative estimate of drug-likeness (QED) is 0.456. The zero-order valence-electron chi connectivity index (χ0n) is 11.6. The number of carbonyl (C=O) groups is 1. The van der Waals surface area contributed by atoms with E-state index in [-0.39, 0.29) is 30.1 Å². The van der Waals surface area contributed by atoms with Gasteiger partial charge in [-0.15, -0.1) is 3.89 Å². The number of hydrogen-bond donors (Lipinski definition) is 0. The van der Waals surface area contributed by atoms with Gasteiger partial charge in [-0.3, -0.25) is 14.9 Å². The lowest BCUT2D eigenvalue weighted by Gasteiger charge is -2.19. The molecule has 0 radical (unpaired) electrons. The number of ether oxygens (including phenoxy) is 1. The van der Waals surface area contributed by atoms with Gasteiger partial charge in [-0.2, -0.15) is 8.42 Å². The van der Waals surface area contributed by atoms with E-state index in [0.29, 0.717) is 0 Å². The highest BCUT2D eigenvalue weighted by Gasteiger charge is 2.35. The van der Waals surface area contributed by atoms with Crippen molar-refractivity contribution in [2.24, 2.45) is 5.92 Å². The van der Waals surface area contributed by atoms with Gasteiger partial charge >= 0.3 is 10.2 Å². The monoisotopic (exact) mass is 332 g/mol. The summed E-state index contributed by atoms with van der Waals surface area (Å²) in [5.41, 5.74) is -0.0642. The minimum Gasteiger partial charge on any atom is -0.495 e. The van der Waals surface area contributed by atoms with E-state index in [0.717, 1.165) is 0 Å². The molecule has 0 aliphatic carbocycles. The van der Waals surface area contributed by atoms with Crippen molar-refractivity contribution in [3.63, 3.8) is 0 Å². The van der Waals surface area contributed by atoms with Gasteiger partial charge in [0.25, 0.3) is 5.69 Å². The van der Waals surface area contributed by atoms with Crippen LogP contribution in [0.25, 0.3) is 0 Å². The lowest BCUT2D eigenvalue weighted by atomic mass is 10.1. The molecule has 0 spiro atoms. The number of nitro benzene ring substituents is 1. The molecular formula is C12H13FN2O6S. The summed E-state index contributed by atoms with van der Waals surface area (Å²) in [4.78, 5) is 23.4. The predicted octanol–water partition coefficient (Wildman–Crippen LogP) is 1.26. The van der Waals surface area contributed by atoms with Crippen LogP contribution in [0.2, 0.25) is 0 Å². The molecule has 1 fully saturated rings. The summed E-state index contributed by atoms with van der Waals surface area (Å²) in [5, 5.41) is 10.8. The van der Waals surface area contributed by atoms with Gasteiger partial charge in [-0.1, -0.05) is 0 Å². The molecule has 2 rings (SSSR count). The fourth-order valence-electron chi connectivity index (χ4n) is 2.41. The van der Waals surface area contributed by atoms with Crippen LogP contribution in [0.3, 0.4) is 0 Å². The van der Waals surface area contributed by atoms with E-state index in [1.54, 1.807) is 0 Å². The topological polar surface area (TPSA) is 107 Å². The molecular weight excluding hydrogens is 319 g/mol. The summed E-state index contributed by atoms with van der Waals surface area (Å²) >= 11 is 0. The van der Waals surface area contributed by atoms with E-state index in [9.17, 15) is 27.2 Å². The van der Waals surface area contributed by atoms with E-state index in [4.69, 9.17) is 4.74 Å². The van der Waals surface area contributed by atoms with Crippen molar-refractivity contribution in [3.8, 4) is 5.75 Å². The zero-order chi connectivity index (χ0) is 16.5. The first-order valence-electron chi connectivity index (χ1n) is 6.26. The number of benzene rings is 1. The highest BCUT2D eigenvalue weighted by Crippen LogP contribution is 2.36. The fraction of sp³-hybridized carbons (Fsp3) is 0.417. The molecule has 1 atom stereocenters. The second-order valence-corrected chi connectivity index (χ2v) is 6.30. The average molecular weight is 332 g/mol. The molecule has 0 bridgehead atoms. The SMILES string of the molecule is COc1ccc([N+](=O)[O-])cc1N1CC(CS(=O)(=O)F)CC1=O. The molecule has 0 aromatic heterocycles. The van der Waals surface area contributed by atoms with Crippen molar-refractivity contribution in [3.05, 3.63) is 28.3 Å². The normalized spacial score (nSPS) is 18.5. The predicted molar refractivity (Wildman–Crippen MR) is 75.0 cm³/mol. The Hall–Kier alpha value is -2.23. The van der Waals surface area contributed by atoms with E-state index >= 15 is 0 Å². The number of anilines is 1. The molecule has 10 heteroatoms. The number of carbonyl (C=O) groups excluding carboxylic acids is 1. The summed E-state index contributed by atoms with van der Waals surface area (Å²) in [5.74, 6) is -1.66. The maximum atomic E-state index is 12.7. The summed E-state index contributed by atoms with van der Waals surface area (Å²) in [6.45, 7) is -0.0422. The minimum atomic E-state index is -4.69. The number of nitro groups is 1. The van der Waals surface area contributed by atoms with Crippen LogP contribution in [0.1, 0.15) is 6.42 Å². The van der Waals surface area contributed by atoms with E-state index < -0.39 is 32.7 Å². The molecule has 1 aromatic rings. The molecule has 1 heterocycles. The summed E-state index contributed by atoms with van der Waals surface area (Å²) < 4.78 is 39.2. The highest BCUT2D eigenvalue weighted by molar-refractivity contribution is 7.86. The van der Waals surface area contributed by atoms with Gasteiger partial charge in [0, 0.05) is 31.0 Å². The average Bonchev–Trinajstić information content (AvgIpc) is 2.76. The minimum absolute atomic E-state index is 0.0422. The Kier molecular flexibility index (Phi) is 4.31. The number of rotatable bonds is 5. The first-order chi connectivity index (χ1) is 10.2. The van der Waals surface area contributed by atoms with E-state index in [1.807, 2.05) is 0 Å². The standard InChI is InChI=1S/C12H13FN2O6S/c1-21-11-3-2-9(15(17)18)5-10(11)14-6-8(4-12(14)16)7-22(13,19)20/h2-3,5,8H,4,6-7H2,1H3. The summed E-state index contributed by atoms with van der Waals surface area (Å²) in [6, 6.07) is 3.75. The molecule has 8 nitrogen and oxygen atoms in total.